The zero-order chi connectivity index (χ0) is 14.5. The largest absolute Gasteiger partial charge is 0.307 e. The Bertz CT molecular complexity index is 669. The van der Waals surface area contributed by atoms with E-state index in [9.17, 15) is 4.79 Å². The summed E-state index contributed by atoms with van der Waals surface area (Å²) in [7, 11) is 0. The molecule has 0 bridgehead atoms. The van der Waals surface area contributed by atoms with Gasteiger partial charge in [0.2, 0.25) is 5.91 Å². The average Bonchev–Trinajstić information content (AvgIpc) is 2.43. The van der Waals surface area contributed by atoms with Crippen LogP contribution in [0.25, 0.3) is 6.08 Å². The van der Waals surface area contributed by atoms with Crippen molar-refractivity contribution in [2.24, 2.45) is 0 Å². The number of nitrogens with zero attached hydrogens (tertiary/aromatic N) is 1. The molecule has 20 heavy (non-hydrogen) atoms. The Labute approximate surface area is 127 Å². The van der Waals surface area contributed by atoms with Crippen molar-refractivity contribution in [3.63, 3.8) is 0 Å². The molecule has 0 saturated carbocycles. The van der Waals surface area contributed by atoms with Gasteiger partial charge in [0, 0.05) is 12.3 Å². The summed E-state index contributed by atoms with van der Waals surface area (Å²) in [6.45, 7) is 1.88. The van der Waals surface area contributed by atoms with Crippen molar-refractivity contribution in [2.75, 3.05) is 5.32 Å². The van der Waals surface area contributed by atoms with Gasteiger partial charge in [0.15, 0.2) is 0 Å². The molecule has 5 heteroatoms. The third-order valence-electron chi connectivity index (χ3n) is 2.62. The number of anilines is 1. The van der Waals surface area contributed by atoms with Gasteiger partial charge in [-0.2, -0.15) is 0 Å². The molecule has 2 aromatic rings. The van der Waals surface area contributed by atoms with Crippen LogP contribution in [-0.4, -0.2) is 10.9 Å². The molecular formula is C15H12Cl2N2O. The molecule has 0 atom stereocenters. The maximum atomic E-state index is 11.8. The fourth-order valence-electron chi connectivity index (χ4n) is 1.56. The van der Waals surface area contributed by atoms with Crippen molar-refractivity contribution < 1.29 is 4.79 Å². The molecule has 0 saturated heterocycles. The molecule has 1 heterocycles. The molecule has 0 fully saturated rings. The Balaban J connectivity index is 2.06. The molecule has 0 radical (unpaired) electrons. The van der Waals surface area contributed by atoms with Crippen LogP contribution < -0.4 is 5.32 Å². The van der Waals surface area contributed by atoms with E-state index in [1.54, 1.807) is 30.5 Å². The van der Waals surface area contributed by atoms with Crippen molar-refractivity contribution in [2.45, 2.75) is 6.92 Å². The number of benzene rings is 1. The summed E-state index contributed by atoms with van der Waals surface area (Å²) >= 11 is 11.7. The Kier molecular flexibility index (Phi) is 4.77. The average molecular weight is 307 g/mol. The second-order valence-electron chi connectivity index (χ2n) is 4.17. The zero-order valence-electron chi connectivity index (χ0n) is 10.7. The van der Waals surface area contributed by atoms with Crippen LogP contribution in [0.5, 0.6) is 0 Å². The minimum absolute atomic E-state index is 0.252. The van der Waals surface area contributed by atoms with Crippen molar-refractivity contribution in [1.29, 1.82) is 0 Å². The van der Waals surface area contributed by atoms with Gasteiger partial charge in [0.25, 0.3) is 0 Å². The molecule has 2 rings (SSSR count). The summed E-state index contributed by atoms with van der Waals surface area (Å²) in [5, 5.41) is 3.65. The Morgan fingerprint density at radius 2 is 2.05 bits per heavy atom. The van der Waals surface area contributed by atoms with Gasteiger partial charge in [-0.05, 0) is 42.3 Å². The molecule has 3 nitrogen and oxygen atoms in total. The number of amides is 1. The van der Waals surface area contributed by atoms with Gasteiger partial charge >= 0.3 is 0 Å². The molecule has 0 aliphatic carbocycles. The number of aryl methyl sites for hydroxylation is 1. The standard InChI is InChI=1S/C15H12Cl2N2O/c1-10-3-2-8-18-15(10)19-14(20)7-5-11-4-6-12(16)13(17)9-11/h2-9H,1H3,(H,18,19,20). The summed E-state index contributed by atoms with van der Waals surface area (Å²) in [4.78, 5) is 15.9. The first-order chi connectivity index (χ1) is 9.56. The van der Waals surface area contributed by atoms with E-state index in [0.29, 0.717) is 15.9 Å². The molecular weight excluding hydrogens is 295 g/mol. The lowest BCUT2D eigenvalue weighted by Crippen LogP contribution is -2.10. The molecule has 1 amide bonds. The van der Waals surface area contributed by atoms with Gasteiger partial charge in [-0.3, -0.25) is 4.79 Å². The molecule has 0 unspecified atom stereocenters. The van der Waals surface area contributed by atoms with Gasteiger partial charge in [-0.15, -0.1) is 0 Å². The smallest absolute Gasteiger partial charge is 0.249 e. The van der Waals surface area contributed by atoms with Crippen LogP contribution in [0.1, 0.15) is 11.1 Å². The summed E-state index contributed by atoms with van der Waals surface area (Å²) in [5.74, 6) is 0.300. The Morgan fingerprint density at radius 1 is 1.25 bits per heavy atom. The monoisotopic (exact) mass is 306 g/mol. The highest BCUT2D eigenvalue weighted by molar-refractivity contribution is 6.42. The van der Waals surface area contributed by atoms with Gasteiger partial charge in [0.1, 0.15) is 5.82 Å². The lowest BCUT2D eigenvalue weighted by molar-refractivity contribution is -0.111. The fraction of sp³-hybridized carbons (Fsp3) is 0.0667. The lowest BCUT2D eigenvalue weighted by Gasteiger charge is -2.04. The zero-order valence-corrected chi connectivity index (χ0v) is 12.2. The van der Waals surface area contributed by atoms with E-state index in [0.717, 1.165) is 11.1 Å². The van der Waals surface area contributed by atoms with Crippen molar-refractivity contribution in [3.8, 4) is 0 Å². The third-order valence-corrected chi connectivity index (χ3v) is 3.36. The maximum absolute atomic E-state index is 11.8. The van der Waals surface area contributed by atoms with E-state index in [1.165, 1.54) is 6.08 Å². The SMILES string of the molecule is Cc1cccnc1NC(=O)C=Cc1ccc(Cl)c(Cl)c1. The van der Waals surface area contributed by atoms with Crippen molar-refractivity contribution >= 4 is 41.0 Å². The normalized spacial score (nSPS) is 10.8. The van der Waals surface area contributed by atoms with Crippen molar-refractivity contribution in [3.05, 3.63) is 63.8 Å². The van der Waals surface area contributed by atoms with Crippen LogP contribution in [0, 0.1) is 6.92 Å². The molecule has 1 N–H and O–H groups in total. The number of aromatic nitrogens is 1. The molecule has 0 aliphatic heterocycles. The Hall–Kier alpha value is -1.84. The van der Waals surface area contributed by atoms with E-state index in [2.05, 4.69) is 10.3 Å². The van der Waals surface area contributed by atoms with Gasteiger partial charge < -0.3 is 5.32 Å². The van der Waals surface area contributed by atoms with E-state index >= 15 is 0 Å². The maximum Gasteiger partial charge on any atom is 0.249 e. The summed E-state index contributed by atoms with van der Waals surface area (Å²) in [6, 6.07) is 8.86. The van der Waals surface area contributed by atoms with Crippen molar-refractivity contribution in [1.82, 2.24) is 4.98 Å². The van der Waals surface area contributed by atoms with E-state index < -0.39 is 0 Å². The summed E-state index contributed by atoms with van der Waals surface area (Å²) in [5.41, 5.74) is 1.70. The second kappa shape index (κ2) is 6.55. The van der Waals surface area contributed by atoms with Gasteiger partial charge in [-0.25, -0.2) is 4.98 Å². The number of carbonyl (C=O) groups excluding carboxylic acids is 1. The number of rotatable bonds is 3. The molecule has 1 aromatic heterocycles. The highest BCUT2D eigenvalue weighted by atomic mass is 35.5. The predicted octanol–water partition coefficient (Wildman–Crippen LogP) is 4.35. The number of halogens is 2. The quantitative estimate of drug-likeness (QED) is 0.857. The van der Waals surface area contributed by atoms with Crippen LogP contribution >= 0.6 is 23.2 Å². The Morgan fingerprint density at radius 3 is 2.75 bits per heavy atom. The minimum Gasteiger partial charge on any atom is -0.307 e. The molecule has 102 valence electrons. The number of pyridine rings is 1. The highest BCUT2D eigenvalue weighted by Gasteiger charge is 2.02. The lowest BCUT2D eigenvalue weighted by atomic mass is 10.2. The van der Waals surface area contributed by atoms with E-state index in [1.807, 2.05) is 19.1 Å². The number of nitrogens with one attached hydrogen (secondary N) is 1. The van der Waals surface area contributed by atoms with Crippen LogP contribution in [-0.2, 0) is 4.79 Å². The first kappa shape index (κ1) is 14.6. The minimum atomic E-state index is -0.252. The van der Waals surface area contributed by atoms with Crippen LogP contribution in [0.3, 0.4) is 0 Å². The number of carbonyl (C=O) groups is 1. The molecule has 0 spiro atoms. The van der Waals surface area contributed by atoms with E-state index in [4.69, 9.17) is 23.2 Å². The first-order valence-electron chi connectivity index (χ1n) is 5.92. The topological polar surface area (TPSA) is 42.0 Å². The molecule has 1 aromatic carbocycles. The van der Waals surface area contributed by atoms with Crippen LogP contribution in [0.2, 0.25) is 10.0 Å². The fourth-order valence-corrected chi connectivity index (χ4v) is 1.87. The first-order valence-corrected chi connectivity index (χ1v) is 6.67. The van der Waals surface area contributed by atoms with Gasteiger partial charge in [0.05, 0.1) is 10.0 Å². The second-order valence-corrected chi connectivity index (χ2v) is 4.98. The summed E-state index contributed by atoms with van der Waals surface area (Å²) in [6.07, 6.45) is 4.72. The van der Waals surface area contributed by atoms with Crippen LogP contribution in [0.4, 0.5) is 5.82 Å². The predicted molar refractivity (Wildman–Crippen MR) is 83.1 cm³/mol. The van der Waals surface area contributed by atoms with E-state index in [-0.39, 0.29) is 5.91 Å². The van der Waals surface area contributed by atoms with Crippen LogP contribution in [0.15, 0.2) is 42.6 Å². The molecule has 0 aliphatic rings. The number of hydrogen-bond acceptors (Lipinski definition) is 2. The summed E-state index contributed by atoms with van der Waals surface area (Å²) < 4.78 is 0. The third kappa shape index (κ3) is 3.83. The van der Waals surface area contributed by atoms with Gasteiger partial charge in [-0.1, -0.05) is 35.3 Å². The number of hydrogen-bond donors (Lipinski definition) is 1. The highest BCUT2D eigenvalue weighted by Crippen LogP contribution is 2.23.